The Balaban J connectivity index is 2.30. The first kappa shape index (κ1) is 20.9. The second-order valence-corrected chi connectivity index (χ2v) is 13.0. The van der Waals surface area contributed by atoms with Crippen molar-refractivity contribution >= 4 is 19.9 Å². The van der Waals surface area contributed by atoms with Gasteiger partial charge in [-0.15, -0.1) is 0 Å². The van der Waals surface area contributed by atoms with E-state index in [4.69, 9.17) is 19.6 Å². The Bertz CT molecular complexity index is 627. The van der Waals surface area contributed by atoms with E-state index >= 15 is 0 Å². The molecule has 1 aromatic rings. The van der Waals surface area contributed by atoms with Crippen molar-refractivity contribution in [1.82, 2.24) is 0 Å². The summed E-state index contributed by atoms with van der Waals surface area (Å²) in [5, 5.41) is 0.0572. The summed E-state index contributed by atoms with van der Waals surface area (Å²) in [7, 11) is 1.14. The van der Waals surface area contributed by atoms with Gasteiger partial charge in [0, 0.05) is 19.3 Å². The average molecular weight is 381 g/mol. The first-order chi connectivity index (χ1) is 12.1. The van der Waals surface area contributed by atoms with Crippen molar-refractivity contribution in [2.45, 2.75) is 57.2 Å². The third kappa shape index (κ3) is 3.81. The number of ether oxygens (including phenoxy) is 2. The molecule has 1 heterocycles. The maximum absolute atomic E-state index is 12.6. The molecule has 0 spiro atoms. The highest BCUT2D eigenvalue weighted by Gasteiger charge is 2.54. The van der Waals surface area contributed by atoms with Gasteiger partial charge in [-0.05, 0) is 42.4 Å². The summed E-state index contributed by atoms with van der Waals surface area (Å²) in [6, 6.07) is 7.18. The van der Waals surface area contributed by atoms with E-state index in [1.807, 2.05) is 24.3 Å². The van der Waals surface area contributed by atoms with Crippen molar-refractivity contribution in [2.24, 2.45) is 5.73 Å². The number of amides is 1. The van der Waals surface area contributed by atoms with Gasteiger partial charge in [0.15, 0.2) is 14.4 Å². The zero-order valence-electron chi connectivity index (χ0n) is 16.9. The molecule has 7 heteroatoms. The number of methoxy groups -OCH3 is 2. The molecular weight excluding hydrogens is 348 g/mol. The Morgan fingerprint density at radius 2 is 1.77 bits per heavy atom. The summed E-state index contributed by atoms with van der Waals surface area (Å²) in [4.78, 5) is 14.4. The van der Waals surface area contributed by atoms with Gasteiger partial charge < -0.3 is 24.5 Å². The first-order valence-electron chi connectivity index (χ1n) is 8.95. The number of nitrogens with two attached hydrogens (primary N) is 1. The van der Waals surface area contributed by atoms with E-state index in [0.717, 1.165) is 11.4 Å². The Morgan fingerprint density at radius 1 is 1.19 bits per heavy atom. The van der Waals surface area contributed by atoms with Gasteiger partial charge in [0.1, 0.15) is 5.75 Å². The highest BCUT2D eigenvalue weighted by Crippen LogP contribution is 2.40. The van der Waals surface area contributed by atoms with Crippen LogP contribution in [0.2, 0.25) is 18.1 Å². The minimum absolute atomic E-state index is 0.0572. The predicted octanol–water partition coefficient (Wildman–Crippen LogP) is 2.77. The van der Waals surface area contributed by atoms with E-state index in [0.29, 0.717) is 6.54 Å². The molecule has 1 aliphatic rings. The van der Waals surface area contributed by atoms with Crippen LogP contribution < -0.4 is 15.4 Å². The Morgan fingerprint density at radius 3 is 2.19 bits per heavy atom. The zero-order valence-corrected chi connectivity index (χ0v) is 17.9. The van der Waals surface area contributed by atoms with E-state index in [9.17, 15) is 4.79 Å². The average Bonchev–Trinajstić information content (AvgIpc) is 2.58. The molecule has 1 fully saturated rings. The molecule has 3 atom stereocenters. The normalized spacial score (nSPS) is 22.2. The van der Waals surface area contributed by atoms with Crippen LogP contribution in [0, 0.1) is 0 Å². The molecule has 1 saturated heterocycles. The number of hydrogen-bond acceptors (Lipinski definition) is 5. The molecule has 26 heavy (non-hydrogen) atoms. The quantitative estimate of drug-likeness (QED) is 0.582. The van der Waals surface area contributed by atoms with Gasteiger partial charge in [0.05, 0.1) is 19.3 Å². The van der Waals surface area contributed by atoms with Crippen LogP contribution >= 0.6 is 0 Å². The third-order valence-corrected chi connectivity index (χ3v) is 10.1. The number of rotatable bonds is 7. The van der Waals surface area contributed by atoms with E-state index in [-0.39, 0.29) is 23.1 Å². The van der Waals surface area contributed by atoms with Gasteiger partial charge in [-0.2, -0.15) is 0 Å². The van der Waals surface area contributed by atoms with E-state index in [2.05, 4.69) is 33.9 Å². The summed E-state index contributed by atoms with van der Waals surface area (Å²) in [6.07, 6.45) is -0.809. The molecule has 1 aliphatic heterocycles. The maximum Gasteiger partial charge on any atom is 0.258 e. The second kappa shape index (κ2) is 7.68. The first-order valence-corrected chi connectivity index (χ1v) is 11.9. The minimum atomic E-state index is -2.04. The fraction of sp³-hybridized carbons (Fsp3) is 0.632. The van der Waals surface area contributed by atoms with Gasteiger partial charge in [0.25, 0.3) is 5.91 Å². The lowest BCUT2D eigenvalue weighted by Crippen LogP contribution is -2.72. The monoisotopic (exact) mass is 380 g/mol. The van der Waals surface area contributed by atoms with Crippen molar-refractivity contribution in [1.29, 1.82) is 0 Å². The summed E-state index contributed by atoms with van der Waals surface area (Å²) < 4.78 is 17.2. The SMILES string of the molecule is COc1ccc(N2C(=O)[C@H](OC)[C@@H]2[C@H](CN)O[Si](C)(C)C(C)(C)C)cc1. The standard InChI is InChI=1S/C19H32N2O4Si/c1-19(2,3)26(6,7)25-15(12-20)16-17(24-5)18(22)21(16)13-8-10-14(23-4)11-9-13/h8-11,15-17H,12,20H2,1-7H3/t15-,16-,17+/m0/s1. The van der Waals surface area contributed by atoms with Crippen molar-refractivity contribution in [3.63, 3.8) is 0 Å². The second-order valence-electron chi connectivity index (χ2n) is 8.21. The van der Waals surface area contributed by atoms with Crippen molar-refractivity contribution < 1.29 is 18.7 Å². The molecule has 6 nitrogen and oxygen atoms in total. The largest absolute Gasteiger partial charge is 0.497 e. The lowest BCUT2D eigenvalue weighted by molar-refractivity contribution is -0.143. The Hall–Kier alpha value is -1.41. The van der Waals surface area contributed by atoms with Crippen LogP contribution in [0.1, 0.15) is 20.8 Å². The van der Waals surface area contributed by atoms with Gasteiger partial charge in [-0.1, -0.05) is 20.8 Å². The van der Waals surface area contributed by atoms with Crippen LogP contribution in [0.5, 0.6) is 5.75 Å². The number of carbonyl (C=O) groups is 1. The lowest BCUT2D eigenvalue weighted by atomic mass is 9.91. The number of anilines is 1. The van der Waals surface area contributed by atoms with E-state index in [1.165, 1.54) is 0 Å². The van der Waals surface area contributed by atoms with Gasteiger partial charge >= 0.3 is 0 Å². The summed E-state index contributed by atoms with van der Waals surface area (Å²) in [5.41, 5.74) is 6.86. The van der Waals surface area contributed by atoms with E-state index < -0.39 is 14.4 Å². The van der Waals surface area contributed by atoms with Crippen LogP contribution in [0.3, 0.4) is 0 Å². The maximum atomic E-state index is 12.6. The van der Waals surface area contributed by atoms with Gasteiger partial charge in [-0.3, -0.25) is 4.79 Å². The summed E-state index contributed by atoms with van der Waals surface area (Å²) in [5.74, 6) is 0.675. The minimum Gasteiger partial charge on any atom is -0.497 e. The molecule has 0 saturated carbocycles. The van der Waals surface area contributed by atoms with Crippen molar-refractivity contribution in [3.8, 4) is 5.75 Å². The molecule has 146 valence electrons. The van der Waals surface area contributed by atoms with Gasteiger partial charge in [0.2, 0.25) is 0 Å². The number of β-lactam (4-membered cyclic amide) rings is 1. The third-order valence-electron chi connectivity index (χ3n) is 5.56. The smallest absolute Gasteiger partial charge is 0.258 e. The van der Waals surface area contributed by atoms with Crippen LogP contribution in [0.25, 0.3) is 0 Å². The summed E-state index contributed by atoms with van der Waals surface area (Å²) >= 11 is 0. The molecule has 2 N–H and O–H groups in total. The van der Waals surface area contributed by atoms with Crippen LogP contribution in [0.15, 0.2) is 24.3 Å². The number of benzene rings is 1. The predicted molar refractivity (Wildman–Crippen MR) is 106 cm³/mol. The fourth-order valence-corrected chi connectivity index (χ4v) is 4.29. The van der Waals surface area contributed by atoms with Crippen molar-refractivity contribution in [2.75, 3.05) is 25.7 Å². The molecule has 0 bridgehead atoms. The van der Waals surface area contributed by atoms with Crippen LogP contribution in [-0.4, -0.2) is 53.2 Å². The molecule has 0 unspecified atom stereocenters. The molecule has 0 aromatic heterocycles. The highest BCUT2D eigenvalue weighted by atomic mass is 28.4. The van der Waals surface area contributed by atoms with Gasteiger partial charge in [-0.25, -0.2) is 0 Å². The highest BCUT2D eigenvalue weighted by molar-refractivity contribution is 6.74. The lowest BCUT2D eigenvalue weighted by Gasteiger charge is -2.51. The van der Waals surface area contributed by atoms with Crippen LogP contribution in [-0.2, 0) is 14.0 Å². The number of carbonyl (C=O) groups excluding carboxylic acids is 1. The molecule has 0 aliphatic carbocycles. The summed E-state index contributed by atoms with van der Waals surface area (Å²) in [6.45, 7) is 11.3. The Labute approximate surface area is 157 Å². The number of nitrogens with zero attached hydrogens (tertiary/aromatic N) is 1. The molecule has 2 rings (SSSR count). The van der Waals surface area contributed by atoms with E-state index in [1.54, 1.807) is 19.1 Å². The van der Waals surface area contributed by atoms with Crippen molar-refractivity contribution in [3.05, 3.63) is 24.3 Å². The topological polar surface area (TPSA) is 74.0 Å². The zero-order chi connectivity index (χ0) is 19.7. The fourth-order valence-electron chi connectivity index (χ4n) is 2.94. The molecule has 0 radical (unpaired) electrons. The Kier molecular flexibility index (Phi) is 6.17. The number of hydrogen-bond donors (Lipinski definition) is 1. The molecular formula is C19H32N2O4Si. The van der Waals surface area contributed by atoms with Crippen LogP contribution in [0.4, 0.5) is 5.69 Å². The molecule has 1 aromatic carbocycles. The molecule has 1 amide bonds.